The van der Waals surface area contributed by atoms with E-state index in [4.69, 9.17) is 15.4 Å². The van der Waals surface area contributed by atoms with Gasteiger partial charge in [-0.2, -0.15) is 0 Å². The zero-order valence-electron chi connectivity index (χ0n) is 9.00. The first-order valence-corrected chi connectivity index (χ1v) is 5.45. The highest BCUT2D eigenvalue weighted by Gasteiger charge is 2.37. The number of carbonyl (C=O) groups is 1. The molecule has 5 nitrogen and oxygen atoms in total. The fourth-order valence-electron chi connectivity index (χ4n) is 2.00. The summed E-state index contributed by atoms with van der Waals surface area (Å²) in [6.45, 7) is 0.314. The number of furan rings is 1. The predicted molar refractivity (Wildman–Crippen MR) is 56.7 cm³/mol. The first-order chi connectivity index (χ1) is 7.66. The van der Waals surface area contributed by atoms with Gasteiger partial charge in [0.2, 0.25) is 0 Å². The van der Waals surface area contributed by atoms with E-state index in [1.54, 1.807) is 6.26 Å². The summed E-state index contributed by atoms with van der Waals surface area (Å²) in [7, 11) is 0. The maximum absolute atomic E-state index is 10.6. The Morgan fingerprint density at radius 2 is 2.44 bits per heavy atom. The van der Waals surface area contributed by atoms with Crippen LogP contribution in [0.25, 0.3) is 0 Å². The van der Waals surface area contributed by atoms with Crippen LogP contribution >= 0.6 is 0 Å². The molecule has 88 valence electrons. The van der Waals surface area contributed by atoms with Crippen molar-refractivity contribution >= 4 is 6.03 Å². The van der Waals surface area contributed by atoms with E-state index in [9.17, 15) is 4.79 Å². The second kappa shape index (κ2) is 4.57. The van der Waals surface area contributed by atoms with Crippen LogP contribution in [0.1, 0.15) is 18.6 Å². The van der Waals surface area contributed by atoms with Gasteiger partial charge in [0.1, 0.15) is 5.76 Å². The lowest BCUT2D eigenvalue weighted by molar-refractivity contribution is -0.0411. The molecule has 0 spiro atoms. The fraction of sp³-hybridized carbons (Fsp3) is 0.545. The molecule has 16 heavy (non-hydrogen) atoms. The molecule has 0 bridgehead atoms. The molecule has 0 saturated heterocycles. The SMILES string of the molecule is NC(=O)N(O)CCC1CC1Cc1ccco1. The minimum absolute atomic E-state index is 0.314. The van der Waals surface area contributed by atoms with E-state index >= 15 is 0 Å². The topological polar surface area (TPSA) is 79.7 Å². The number of nitrogens with zero attached hydrogens (tertiary/aromatic N) is 1. The third-order valence-corrected chi connectivity index (χ3v) is 3.08. The van der Waals surface area contributed by atoms with Gasteiger partial charge in [-0.25, -0.2) is 9.86 Å². The number of amides is 2. The quantitative estimate of drug-likeness (QED) is 0.589. The molecule has 2 unspecified atom stereocenters. The monoisotopic (exact) mass is 224 g/mol. The molecule has 0 radical (unpaired) electrons. The average Bonchev–Trinajstić information content (AvgIpc) is 2.74. The first kappa shape index (κ1) is 11.0. The normalized spacial score (nSPS) is 23.1. The second-order valence-electron chi connectivity index (χ2n) is 4.29. The van der Waals surface area contributed by atoms with Gasteiger partial charge in [0.25, 0.3) is 0 Å². The van der Waals surface area contributed by atoms with Crippen LogP contribution in [0.2, 0.25) is 0 Å². The molecule has 1 aliphatic carbocycles. The van der Waals surface area contributed by atoms with Gasteiger partial charge < -0.3 is 10.2 Å². The Balaban J connectivity index is 1.66. The minimum Gasteiger partial charge on any atom is -0.469 e. The van der Waals surface area contributed by atoms with Crippen LogP contribution in [0.4, 0.5) is 4.79 Å². The van der Waals surface area contributed by atoms with Gasteiger partial charge in [-0.1, -0.05) is 0 Å². The molecule has 2 rings (SSSR count). The van der Waals surface area contributed by atoms with Crippen LogP contribution in [0.3, 0.4) is 0 Å². The molecular formula is C11H16N2O3. The van der Waals surface area contributed by atoms with Gasteiger partial charge in [-0.05, 0) is 36.8 Å². The van der Waals surface area contributed by atoms with Crippen molar-refractivity contribution in [3.63, 3.8) is 0 Å². The highest BCUT2D eigenvalue weighted by atomic mass is 16.5. The number of hydroxylamine groups is 2. The van der Waals surface area contributed by atoms with Crippen molar-refractivity contribution in [2.45, 2.75) is 19.3 Å². The lowest BCUT2D eigenvalue weighted by atomic mass is 10.1. The number of primary amides is 1. The van der Waals surface area contributed by atoms with Crippen LogP contribution in [0, 0.1) is 11.8 Å². The summed E-state index contributed by atoms with van der Waals surface area (Å²) in [5, 5.41) is 9.66. The third-order valence-electron chi connectivity index (χ3n) is 3.08. The summed E-state index contributed by atoms with van der Waals surface area (Å²) in [4.78, 5) is 10.6. The summed E-state index contributed by atoms with van der Waals surface area (Å²) in [6.07, 6.45) is 4.55. The average molecular weight is 224 g/mol. The maximum atomic E-state index is 10.6. The lowest BCUT2D eigenvalue weighted by Crippen LogP contribution is -2.33. The largest absolute Gasteiger partial charge is 0.469 e. The van der Waals surface area contributed by atoms with Gasteiger partial charge in [-0.15, -0.1) is 0 Å². The molecule has 1 fully saturated rings. The van der Waals surface area contributed by atoms with E-state index < -0.39 is 6.03 Å². The number of carbonyl (C=O) groups excluding carboxylic acids is 1. The molecule has 5 heteroatoms. The zero-order chi connectivity index (χ0) is 11.5. The van der Waals surface area contributed by atoms with E-state index in [1.165, 1.54) is 0 Å². The van der Waals surface area contributed by atoms with Gasteiger partial charge in [0.05, 0.1) is 12.8 Å². The zero-order valence-corrected chi connectivity index (χ0v) is 9.00. The van der Waals surface area contributed by atoms with Crippen LogP contribution < -0.4 is 5.73 Å². The van der Waals surface area contributed by atoms with Crippen molar-refractivity contribution in [2.75, 3.05) is 6.54 Å². The number of hydrogen-bond donors (Lipinski definition) is 2. The Morgan fingerprint density at radius 3 is 3.06 bits per heavy atom. The summed E-state index contributed by atoms with van der Waals surface area (Å²) in [5.74, 6) is 2.19. The van der Waals surface area contributed by atoms with Crippen LogP contribution in [-0.2, 0) is 6.42 Å². The number of hydrogen-bond acceptors (Lipinski definition) is 3. The molecule has 1 aromatic heterocycles. The Morgan fingerprint density at radius 1 is 1.62 bits per heavy atom. The molecule has 2 amide bonds. The minimum atomic E-state index is -0.789. The Kier molecular flexibility index (Phi) is 3.14. The number of rotatable bonds is 5. The molecule has 2 atom stereocenters. The smallest absolute Gasteiger partial charge is 0.338 e. The van der Waals surface area contributed by atoms with E-state index in [0.717, 1.165) is 25.0 Å². The van der Waals surface area contributed by atoms with Crippen LogP contribution in [0.15, 0.2) is 22.8 Å². The van der Waals surface area contributed by atoms with Crippen molar-refractivity contribution in [1.82, 2.24) is 5.06 Å². The number of urea groups is 1. The molecule has 1 saturated carbocycles. The molecule has 1 aliphatic rings. The summed E-state index contributed by atoms with van der Waals surface area (Å²) in [5.41, 5.74) is 4.91. The van der Waals surface area contributed by atoms with Crippen LogP contribution in [0.5, 0.6) is 0 Å². The standard InChI is InChI=1S/C11H16N2O3/c12-11(14)13(15)4-3-8-6-9(8)7-10-2-1-5-16-10/h1-2,5,8-9,15H,3-4,6-7H2,(H2,12,14). The first-order valence-electron chi connectivity index (χ1n) is 5.45. The number of nitrogens with two attached hydrogens (primary N) is 1. The van der Waals surface area contributed by atoms with E-state index in [2.05, 4.69) is 0 Å². The van der Waals surface area contributed by atoms with Crippen LogP contribution in [-0.4, -0.2) is 22.8 Å². The highest BCUT2D eigenvalue weighted by Crippen LogP contribution is 2.43. The van der Waals surface area contributed by atoms with E-state index in [0.29, 0.717) is 23.4 Å². The molecule has 0 aliphatic heterocycles. The molecular weight excluding hydrogens is 208 g/mol. The van der Waals surface area contributed by atoms with Crippen molar-refractivity contribution in [3.8, 4) is 0 Å². The molecule has 1 heterocycles. The molecule has 1 aromatic rings. The molecule has 3 N–H and O–H groups in total. The Labute approximate surface area is 93.8 Å². The van der Waals surface area contributed by atoms with Gasteiger partial charge in [0, 0.05) is 6.42 Å². The third kappa shape index (κ3) is 2.76. The van der Waals surface area contributed by atoms with Crippen molar-refractivity contribution in [2.24, 2.45) is 17.6 Å². The Bertz CT molecular complexity index is 350. The maximum Gasteiger partial charge on any atom is 0.338 e. The van der Waals surface area contributed by atoms with E-state index in [-0.39, 0.29) is 0 Å². The van der Waals surface area contributed by atoms with E-state index in [1.807, 2.05) is 12.1 Å². The fourth-order valence-corrected chi connectivity index (χ4v) is 2.00. The highest BCUT2D eigenvalue weighted by molar-refractivity contribution is 5.70. The molecule has 0 aromatic carbocycles. The van der Waals surface area contributed by atoms with Gasteiger partial charge in [0.15, 0.2) is 0 Å². The van der Waals surface area contributed by atoms with Gasteiger partial charge >= 0.3 is 6.03 Å². The van der Waals surface area contributed by atoms with Gasteiger partial charge in [-0.3, -0.25) is 5.21 Å². The second-order valence-corrected chi connectivity index (χ2v) is 4.29. The summed E-state index contributed by atoms with van der Waals surface area (Å²) in [6, 6.07) is 3.06. The Hall–Kier alpha value is -1.49. The lowest BCUT2D eigenvalue weighted by Gasteiger charge is -2.10. The summed E-state index contributed by atoms with van der Waals surface area (Å²) >= 11 is 0. The van der Waals surface area contributed by atoms with Crippen molar-refractivity contribution in [1.29, 1.82) is 0 Å². The van der Waals surface area contributed by atoms with Crippen molar-refractivity contribution < 1.29 is 14.4 Å². The predicted octanol–water partition coefficient (Wildman–Crippen LogP) is 1.62. The van der Waals surface area contributed by atoms with Crippen molar-refractivity contribution in [3.05, 3.63) is 24.2 Å². The summed E-state index contributed by atoms with van der Waals surface area (Å²) < 4.78 is 5.26.